The second-order valence-electron chi connectivity index (χ2n) is 4.56. The second-order valence-corrected chi connectivity index (χ2v) is 4.56. The fourth-order valence-electron chi connectivity index (χ4n) is 1.50. The van der Waals surface area contributed by atoms with E-state index in [2.05, 4.69) is 0 Å². The molecule has 1 N–H and O–H groups in total. The van der Waals surface area contributed by atoms with Crippen LogP contribution in [0.2, 0.25) is 0 Å². The number of aromatic hydroxyl groups is 1. The molecule has 4 heteroatoms. The third kappa shape index (κ3) is 2.96. The van der Waals surface area contributed by atoms with Crippen molar-refractivity contribution in [2.45, 2.75) is 26.8 Å². The van der Waals surface area contributed by atoms with Crippen LogP contribution in [-0.2, 0) is 0 Å². The van der Waals surface area contributed by atoms with Crippen molar-refractivity contribution in [3.63, 3.8) is 0 Å². The maximum absolute atomic E-state index is 13.5. The van der Waals surface area contributed by atoms with Crippen LogP contribution in [0, 0.1) is 11.7 Å². The van der Waals surface area contributed by atoms with Crippen LogP contribution in [0.5, 0.6) is 5.75 Å². The van der Waals surface area contributed by atoms with Gasteiger partial charge in [0.2, 0.25) is 0 Å². The van der Waals surface area contributed by atoms with E-state index in [1.807, 2.05) is 20.8 Å². The van der Waals surface area contributed by atoms with Gasteiger partial charge >= 0.3 is 0 Å². The summed E-state index contributed by atoms with van der Waals surface area (Å²) in [5.41, 5.74) is -0.0159. The van der Waals surface area contributed by atoms with Gasteiger partial charge in [0, 0.05) is 19.2 Å². The van der Waals surface area contributed by atoms with Crippen LogP contribution in [0.4, 0.5) is 4.39 Å². The average molecular weight is 239 g/mol. The van der Waals surface area contributed by atoms with Crippen LogP contribution < -0.4 is 0 Å². The second kappa shape index (κ2) is 5.17. The first-order valence-corrected chi connectivity index (χ1v) is 5.60. The van der Waals surface area contributed by atoms with Gasteiger partial charge in [0.05, 0.1) is 5.56 Å². The highest BCUT2D eigenvalue weighted by molar-refractivity contribution is 5.94. The van der Waals surface area contributed by atoms with Gasteiger partial charge in [-0.3, -0.25) is 4.79 Å². The van der Waals surface area contributed by atoms with Crippen molar-refractivity contribution in [3.8, 4) is 5.75 Å². The molecule has 0 aromatic heterocycles. The summed E-state index contributed by atoms with van der Waals surface area (Å²) in [4.78, 5) is 13.5. The molecule has 1 aromatic carbocycles. The molecule has 1 unspecified atom stereocenters. The molecule has 0 aliphatic rings. The number of benzene rings is 1. The smallest absolute Gasteiger partial charge is 0.256 e. The number of carbonyl (C=O) groups excluding carboxylic acids is 1. The molecule has 1 aromatic rings. The Morgan fingerprint density at radius 3 is 2.41 bits per heavy atom. The van der Waals surface area contributed by atoms with Crippen LogP contribution in [0.15, 0.2) is 18.2 Å². The molecule has 1 rings (SSSR count). The molecule has 0 fully saturated rings. The molecule has 0 saturated heterocycles. The number of amides is 1. The number of rotatable bonds is 3. The number of hydrogen-bond donors (Lipinski definition) is 1. The summed E-state index contributed by atoms with van der Waals surface area (Å²) in [5, 5.41) is 9.09. The van der Waals surface area contributed by atoms with Gasteiger partial charge in [0.15, 0.2) is 0 Å². The number of halogens is 1. The van der Waals surface area contributed by atoms with E-state index in [4.69, 9.17) is 5.11 Å². The Kier molecular flexibility index (Phi) is 4.10. The first kappa shape index (κ1) is 13.5. The van der Waals surface area contributed by atoms with Crippen molar-refractivity contribution in [1.82, 2.24) is 4.90 Å². The van der Waals surface area contributed by atoms with Crippen LogP contribution in [0.25, 0.3) is 0 Å². The lowest BCUT2D eigenvalue weighted by atomic mass is 10.0. The molecule has 94 valence electrons. The van der Waals surface area contributed by atoms with Crippen molar-refractivity contribution in [1.29, 1.82) is 0 Å². The van der Waals surface area contributed by atoms with Crippen molar-refractivity contribution >= 4 is 5.91 Å². The molecule has 0 saturated carbocycles. The maximum Gasteiger partial charge on any atom is 0.256 e. The Bertz CT molecular complexity index is 418. The molecule has 0 aliphatic carbocycles. The lowest BCUT2D eigenvalue weighted by Crippen LogP contribution is -2.38. The molecule has 3 nitrogen and oxygen atoms in total. The number of carbonyl (C=O) groups is 1. The van der Waals surface area contributed by atoms with E-state index >= 15 is 0 Å². The summed E-state index contributed by atoms with van der Waals surface area (Å²) in [6, 6.07) is 3.58. The quantitative estimate of drug-likeness (QED) is 0.880. The minimum Gasteiger partial charge on any atom is -0.508 e. The van der Waals surface area contributed by atoms with E-state index in [1.165, 1.54) is 17.0 Å². The Hall–Kier alpha value is -1.58. The molecule has 0 spiro atoms. The van der Waals surface area contributed by atoms with E-state index < -0.39 is 5.82 Å². The van der Waals surface area contributed by atoms with Gasteiger partial charge in [0.25, 0.3) is 5.91 Å². The highest BCUT2D eigenvalue weighted by Crippen LogP contribution is 2.18. The summed E-state index contributed by atoms with van der Waals surface area (Å²) < 4.78 is 13.5. The third-order valence-electron chi connectivity index (χ3n) is 3.08. The Labute approximate surface area is 101 Å². The minimum absolute atomic E-state index is 0.0159. The Morgan fingerprint density at radius 2 is 1.94 bits per heavy atom. The van der Waals surface area contributed by atoms with Gasteiger partial charge in [0.1, 0.15) is 11.6 Å². The Morgan fingerprint density at radius 1 is 1.35 bits per heavy atom. The van der Waals surface area contributed by atoms with E-state index in [-0.39, 0.29) is 23.3 Å². The normalized spacial score (nSPS) is 12.6. The molecule has 0 radical (unpaired) electrons. The highest BCUT2D eigenvalue weighted by Gasteiger charge is 2.22. The van der Waals surface area contributed by atoms with Crippen molar-refractivity contribution in [3.05, 3.63) is 29.6 Å². The highest BCUT2D eigenvalue weighted by atomic mass is 19.1. The molecule has 17 heavy (non-hydrogen) atoms. The summed E-state index contributed by atoms with van der Waals surface area (Å²) in [6.07, 6.45) is 0. The van der Waals surface area contributed by atoms with E-state index in [0.29, 0.717) is 5.92 Å². The van der Waals surface area contributed by atoms with Crippen molar-refractivity contribution in [2.24, 2.45) is 5.92 Å². The molecule has 1 atom stereocenters. The largest absolute Gasteiger partial charge is 0.508 e. The Balaban J connectivity index is 2.96. The summed E-state index contributed by atoms with van der Waals surface area (Å²) in [5.74, 6) is -0.954. The molecule has 0 aliphatic heterocycles. The monoisotopic (exact) mass is 239 g/mol. The van der Waals surface area contributed by atoms with Crippen LogP contribution in [0.1, 0.15) is 31.1 Å². The fraction of sp³-hybridized carbons (Fsp3) is 0.462. The van der Waals surface area contributed by atoms with E-state index in [9.17, 15) is 9.18 Å². The van der Waals surface area contributed by atoms with Gasteiger partial charge in [-0.25, -0.2) is 4.39 Å². The van der Waals surface area contributed by atoms with E-state index in [0.717, 1.165) is 6.07 Å². The predicted octanol–water partition coefficient (Wildman–Crippen LogP) is 2.65. The lowest BCUT2D eigenvalue weighted by Gasteiger charge is -2.28. The SMILES string of the molecule is CC(C)C(C)N(C)C(=O)c1ccc(O)cc1F. The topological polar surface area (TPSA) is 40.5 Å². The first-order valence-electron chi connectivity index (χ1n) is 5.60. The number of nitrogens with zero attached hydrogens (tertiary/aromatic N) is 1. The molecule has 0 heterocycles. The standard InChI is InChI=1S/C13H18FNO2/c1-8(2)9(3)15(4)13(17)11-6-5-10(16)7-12(11)14/h5-9,16H,1-4H3. The number of phenolic OH excluding ortho intramolecular Hbond substituents is 1. The zero-order valence-electron chi connectivity index (χ0n) is 10.6. The average Bonchev–Trinajstić information content (AvgIpc) is 2.26. The summed E-state index contributed by atoms with van der Waals surface area (Å²) >= 11 is 0. The number of hydrogen-bond acceptors (Lipinski definition) is 2. The zero-order chi connectivity index (χ0) is 13.2. The van der Waals surface area contributed by atoms with Gasteiger partial charge in [-0.15, -0.1) is 0 Å². The van der Waals surface area contributed by atoms with Crippen LogP contribution >= 0.6 is 0 Å². The lowest BCUT2D eigenvalue weighted by molar-refractivity contribution is 0.0702. The van der Waals surface area contributed by atoms with Gasteiger partial charge < -0.3 is 10.0 Å². The van der Waals surface area contributed by atoms with Gasteiger partial charge in [-0.2, -0.15) is 0 Å². The predicted molar refractivity (Wildman–Crippen MR) is 64.5 cm³/mol. The van der Waals surface area contributed by atoms with Gasteiger partial charge in [-0.1, -0.05) is 13.8 Å². The van der Waals surface area contributed by atoms with Crippen molar-refractivity contribution in [2.75, 3.05) is 7.05 Å². The maximum atomic E-state index is 13.5. The zero-order valence-corrected chi connectivity index (χ0v) is 10.6. The molecular weight excluding hydrogens is 221 g/mol. The third-order valence-corrected chi connectivity index (χ3v) is 3.08. The minimum atomic E-state index is -0.696. The summed E-state index contributed by atoms with van der Waals surface area (Å²) in [6.45, 7) is 5.92. The van der Waals surface area contributed by atoms with Gasteiger partial charge in [-0.05, 0) is 25.0 Å². The van der Waals surface area contributed by atoms with Crippen LogP contribution in [0.3, 0.4) is 0 Å². The van der Waals surface area contributed by atoms with E-state index in [1.54, 1.807) is 7.05 Å². The van der Waals surface area contributed by atoms with Crippen LogP contribution in [-0.4, -0.2) is 29.0 Å². The summed E-state index contributed by atoms with van der Waals surface area (Å²) in [7, 11) is 1.65. The van der Waals surface area contributed by atoms with Crippen molar-refractivity contribution < 1.29 is 14.3 Å². The fourth-order valence-corrected chi connectivity index (χ4v) is 1.50. The molecule has 0 bridgehead atoms. The first-order chi connectivity index (χ1) is 7.84. The molecule has 1 amide bonds. The molecular formula is C13H18FNO2. The number of phenols is 1.